The fraction of sp³-hybridized carbons (Fsp3) is 0.625. The molecule has 19 heavy (non-hydrogen) atoms. The zero-order chi connectivity index (χ0) is 13.1. The average molecular weight is 263 g/mol. The standard InChI is InChI=1S/C16H22FNO/c17-14-5-3-4-13(10-14)16(7-1-2-8-16)12-18-15-6-9-19-11-15/h3-5,10,15,18H,1-2,6-9,11-12H2. The second kappa shape index (κ2) is 5.59. The predicted molar refractivity (Wildman–Crippen MR) is 73.8 cm³/mol. The van der Waals surface area contributed by atoms with E-state index in [4.69, 9.17) is 4.74 Å². The molecule has 2 nitrogen and oxygen atoms in total. The minimum absolute atomic E-state index is 0.118. The van der Waals surface area contributed by atoms with Gasteiger partial charge in [-0.2, -0.15) is 0 Å². The lowest BCUT2D eigenvalue weighted by Crippen LogP contribution is -2.41. The molecule has 2 fully saturated rings. The first kappa shape index (κ1) is 13.1. The van der Waals surface area contributed by atoms with Crippen LogP contribution in [0.2, 0.25) is 0 Å². The molecule has 1 aliphatic heterocycles. The zero-order valence-corrected chi connectivity index (χ0v) is 11.3. The van der Waals surface area contributed by atoms with Crippen LogP contribution < -0.4 is 5.32 Å². The normalized spacial score (nSPS) is 25.8. The number of nitrogens with one attached hydrogen (secondary N) is 1. The summed E-state index contributed by atoms with van der Waals surface area (Å²) in [5, 5.41) is 3.63. The highest BCUT2D eigenvalue weighted by atomic mass is 19.1. The third kappa shape index (κ3) is 2.82. The monoisotopic (exact) mass is 263 g/mol. The van der Waals surface area contributed by atoms with Crippen molar-refractivity contribution in [1.29, 1.82) is 0 Å². The van der Waals surface area contributed by atoms with E-state index < -0.39 is 0 Å². The minimum atomic E-state index is -0.118. The molecule has 1 atom stereocenters. The molecule has 0 bridgehead atoms. The van der Waals surface area contributed by atoms with Crippen molar-refractivity contribution in [3.63, 3.8) is 0 Å². The van der Waals surface area contributed by atoms with E-state index in [0.717, 1.165) is 44.6 Å². The second-order valence-electron chi connectivity index (χ2n) is 5.94. The number of rotatable bonds is 4. The molecule has 1 heterocycles. The van der Waals surface area contributed by atoms with E-state index in [-0.39, 0.29) is 11.2 Å². The number of hydrogen-bond acceptors (Lipinski definition) is 2. The van der Waals surface area contributed by atoms with Crippen LogP contribution in [0.5, 0.6) is 0 Å². The van der Waals surface area contributed by atoms with Crippen LogP contribution in [0.3, 0.4) is 0 Å². The molecule has 104 valence electrons. The molecule has 1 aromatic carbocycles. The summed E-state index contributed by atoms with van der Waals surface area (Å²) in [6.45, 7) is 2.63. The smallest absolute Gasteiger partial charge is 0.123 e. The van der Waals surface area contributed by atoms with E-state index in [0.29, 0.717) is 6.04 Å². The Morgan fingerprint density at radius 1 is 1.32 bits per heavy atom. The molecule has 1 saturated heterocycles. The van der Waals surface area contributed by atoms with Gasteiger partial charge < -0.3 is 10.1 Å². The van der Waals surface area contributed by atoms with Crippen LogP contribution in [0.15, 0.2) is 24.3 Å². The van der Waals surface area contributed by atoms with Gasteiger partial charge in [-0.1, -0.05) is 25.0 Å². The summed E-state index contributed by atoms with van der Waals surface area (Å²) in [7, 11) is 0. The van der Waals surface area contributed by atoms with Crippen molar-refractivity contribution in [2.75, 3.05) is 19.8 Å². The van der Waals surface area contributed by atoms with Crippen molar-refractivity contribution in [2.24, 2.45) is 0 Å². The highest BCUT2D eigenvalue weighted by Gasteiger charge is 2.36. The Hall–Kier alpha value is -0.930. The fourth-order valence-electron chi connectivity index (χ4n) is 3.47. The predicted octanol–water partition coefficient (Wildman–Crippen LogP) is 3.02. The van der Waals surface area contributed by atoms with Crippen LogP contribution in [0, 0.1) is 5.82 Å². The summed E-state index contributed by atoms with van der Waals surface area (Å²) in [6.07, 6.45) is 5.92. The van der Waals surface area contributed by atoms with E-state index in [2.05, 4.69) is 11.4 Å². The first-order chi connectivity index (χ1) is 9.28. The summed E-state index contributed by atoms with van der Waals surface area (Å²) in [6, 6.07) is 7.65. The Morgan fingerprint density at radius 3 is 2.84 bits per heavy atom. The molecule has 3 rings (SSSR count). The van der Waals surface area contributed by atoms with E-state index in [1.165, 1.54) is 18.9 Å². The Morgan fingerprint density at radius 2 is 2.16 bits per heavy atom. The van der Waals surface area contributed by atoms with Crippen molar-refractivity contribution < 1.29 is 9.13 Å². The molecule has 2 aliphatic rings. The molecule has 0 amide bonds. The topological polar surface area (TPSA) is 21.3 Å². The van der Waals surface area contributed by atoms with Gasteiger partial charge in [0.2, 0.25) is 0 Å². The maximum absolute atomic E-state index is 13.5. The van der Waals surface area contributed by atoms with E-state index in [1.54, 1.807) is 6.07 Å². The van der Waals surface area contributed by atoms with Crippen molar-refractivity contribution in [1.82, 2.24) is 5.32 Å². The highest BCUT2D eigenvalue weighted by molar-refractivity contribution is 5.28. The minimum Gasteiger partial charge on any atom is -0.380 e. The lowest BCUT2D eigenvalue weighted by molar-refractivity contribution is 0.188. The molecule has 1 saturated carbocycles. The van der Waals surface area contributed by atoms with Crippen molar-refractivity contribution in [2.45, 2.75) is 43.6 Å². The van der Waals surface area contributed by atoms with Gasteiger partial charge in [0.05, 0.1) is 6.61 Å². The number of ether oxygens (including phenoxy) is 1. The highest BCUT2D eigenvalue weighted by Crippen LogP contribution is 2.40. The van der Waals surface area contributed by atoms with E-state index >= 15 is 0 Å². The largest absolute Gasteiger partial charge is 0.380 e. The zero-order valence-electron chi connectivity index (χ0n) is 11.3. The molecule has 1 aliphatic carbocycles. The van der Waals surface area contributed by atoms with Gasteiger partial charge in [0.25, 0.3) is 0 Å². The van der Waals surface area contributed by atoms with Gasteiger partial charge in [-0.05, 0) is 37.0 Å². The van der Waals surface area contributed by atoms with Crippen LogP contribution in [0.4, 0.5) is 4.39 Å². The van der Waals surface area contributed by atoms with Gasteiger partial charge in [-0.3, -0.25) is 0 Å². The summed E-state index contributed by atoms with van der Waals surface area (Å²) in [5.74, 6) is -0.118. The first-order valence-corrected chi connectivity index (χ1v) is 7.36. The Labute approximate surface area is 114 Å². The first-order valence-electron chi connectivity index (χ1n) is 7.36. The number of benzene rings is 1. The Kier molecular flexibility index (Phi) is 3.85. The van der Waals surface area contributed by atoms with Crippen LogP contribution in [-0.4, -0.2) is 25.8 Å². The molecule has 0 aromatic heterocycles. The van der Waals surface area contributed by atoms with Crippen LogP contribution in [0.25, 0.3) is 0 Å². The quantitative estimate of drug-likeness (QED) is 0.901. The van der Waals surface area contributed by atoms with Gasteiger partial charge in [0.15, 0.2) is 0 Å². The summed E-state index contributed by atoms with van der Waals surface area (Å²) < 4.78 is 18.9. The third-order valence-electron chi connectivity index (χ3n) is 4.66. The molecule has 3 heteroatoms. The molecule has 0 spiro atoms. The molecular weight excluding hydrogens is 241 g/mol. The fourth-order valence-corrected chi connectivity index (χ4v) is 3.47. The third-order valence-corrected chi connectivity index (χ3v) is 4.66. The van der Waals surface area contributed by atoms with Gasteiger partial charge in [0.1, 0.15) is 5.82 Å². The van der Waals surface area contributed by atoms with Crippen molar-refractivity contribution in [3.05, 3.63) is 35.6 Å². The maximum Gasteiger partial charge on any atom is 0.123 e. The Balaban J connectivity index is 1.74. The molecule has 1 aromatic rings. The molecule has 1 N–H and O–H groups in total. The SMILES string of the molecule is Fc1cccc(C2(CNC3CCOC3)CCCC2)c1. The molecule has 1 unspecified atom stereocenters. The number of hydrogen-bond donors (Lipinski definition) is 1. The summed E-state index contributed by atoms with van der Waals surface area (Å²) in [5.41, 5.74) is 1.29. The maximum atomic E-state index is 13.5. The summed E-state index contributed by atoms with van der Waals surface area (Å²) >= 11 is 0. The average Bonchev–Trinajstić information content (AvgIpc) is 3.09. The van der Waals surface area contributed by atoms with E-state index in [9.17, 15) is 4.39 Å². The number of halogens is 1. The van der Waals surface area contributed by atoms with Crippen molar-refractivity contribution >= 4 is 0 Å². The second-order valence-corrected chi connectivity index (χ2v) is 5.94. The van der Waals surface area contributed by atoms with Gasteiger partial charge in [-0.25, -0.2) is 4.39 Å². The van der Waals surface area contributed by atoms with Gasteiger partial charge in [-0.15, -0.1) is 0 Å². The van der Waals surface area contributed by atoms with Crippen LogP contribution >= 0.6 is 0 Å². The van der Waals surface area contributed by atoms with Gasteiger partial charge >= 0.3 is 0 Å². The lowest BCUT2D eigenvalue weighted by atomic mass is 9.78. The van der Waals surface area contributed by atoms with Gasteiger partial charge in [0, 0.05) is 24.6 Å². The lowest BCUT2D eigenvalue weighted by Gasteiger charge is -2.31. The molecular formula is C16H22FNO. The van der Waals surface area contributed by atoms with E-state index in [1.807, 2.05) is 6.07 Å². The van der Waals surface area contributed by atoms with Crippen molar-refractivity contribution in [3.8, 4) is 0 Å². The van der Waals surface area contributed by atoms with Crippen LogP contribution in [0.1, 0.15) is 37.7 Å². The summed E-state index contributed by atoms with van der Waals surface area (Å²) in [4.78, 5) is 0. The van der Waals surface area contributed by atoms with Crippen LogP contribution in [-0.2, 0) is 10.2 Å². The Bertz CT molecular complexity index is 423. The molecule has 0 radical (unpaired) electrons.